The third-order valence-electron chi connectivity index (χ3n) is 3.94. The van der Waals surface area contributed by atoms with E-state index in [0.717, 1.165) is 0 Å². The molecule has 2 heterocycles. The molecule has 2 aliphatic rings. The summed E-state index contributed by atoms with van der Waals surface area (Å²) in [5, 5.41) is 34.0. The normalized spacial score (nSPS) is 31.8. The second kappa shape index (κ2) is 7.75. The highest BCUT2D eigenvalue weighted by molar-refractivity contribution is 6.01. The molecule has 9 nitrogen and oxygen atoms in total. The monoisotopic (exact) mass is 326 g/mol. The Morgan fingerprint density at radius 3 is 2.74 bits per heavy atom. The zero-order chi connectivity index (χ0) is 17.0. The van der Waals surface area contributed by atoms with E-state index in [-0.39, 0.29) is 31.8 Å². The smallest absolute Gasteiger partial charge is 0.237 e. The van der Waals surface area contributed by atoms with E-state index in [2.05, 4.69) is 15.6 Å². The first-order valence-corrected chi connectivity index (χ1v) is 7.44. The van der Waals surface area contributed by atoms with Crippen molar-refractivity contribution in [2.75, 3.05) is 13.2 Å². The summed E-state index contributed by atoms with van der Waals surface area (Å²) in [6.45, 7) is -0.259. The van der Waals surface area contributed by atoms with Crippen LogP contribution in [0.4, 0.5) is 0 Å². The highest BCUT2D eigenvalue weighted by Gasteiger charge is 2.40. The number of carbonyl (C=O) groups is 2. The molecule has 0 spiro atoms. The van der Waals surface area contributed by atoms with Gasteiger partial charge in [-0.1, -0.05) is 0 Å². The van der Waals surface area contributed by atoms with Crippen LogP contribution in [-0.4, -0.2) is 76.7 Å². The average Bonchev–Trinajstić information content (AvgIpc) is 2.80. The molecule has 7 N–H and O–H groups in total. The van der Waals surface area contributed by atoms with Crippen LogP contribution in [0.3, 0.4) is 0 Å². The molecule has 5 atom stereocenters. The van der Waals surface area contributed by atoms with Crippen molar-refractivity contribution in [3.05, 3.63) is 11.8 Å². The molecule has 9 heteroatoms. The van der Waals surface area contributed by atoms with Crippen LogP contribution in [-0.2, 0) is 9.59 Å². The molecule has 1 fully saturated rings. The number of aliphatic hydroxyl groups excluding tert-OH is 3. The molecule has 2 rings (SSSR count). The van der Waals surface area contributed by atoms with E-state index in [1.807, 2.05) is 0 Å². The van der Waals surface area contributed by atoms with Crippen LogP contribution in [0.25, 0.3) is 0 Å². The summed E-state index contributed by atoms with van der Waals surface area (Å²) < 4.78 is 0. The Kier molecular flexibility index (Phi) is 5.97. The van der Waals surface area contributed by atoms with Gasteiger partial charge < -0.3 is 31.7 Å². The third-order valence-corrected chi connectivity index (χ3v) is 3.94. The summed E-state index contributed by atoms with van der Waals surface area (Å²) in [5.74, 6) is -0.528. The second-order valence-corrected chi connectivity index (χ2v) is 5.72. The van der Waals surface area contributed by atoms with E-state index < -0.39 is 36.2 Å². The molecule has 0 aromatic carbocycles. The van der Waals surface area contributed by atoms with E-state index >= 15 is 0 Å². The Morgan fingerprint density at radius 2 is 2.13 bits per heavy atom. The summed E-state index contributed by atoms with van der Waals surface area (Å²) in [6.07, 6.45) is 1.06. The van der Waals surface area contributed by atoms with Crippen LogP contribution >= 0.6 is 0 Å². The van der Waals surface area contributed by atoms with E-state index in [4.69, 9.17) is 10.8 Å². The van der Waals surface area contributed by atoms with Gasteiger partial charge in [0, 0.05) is 37.4 Å². The van der Waals surface area contributed by atoms with Crippen molar-refractivity contribution >= 4 is 17.9 Å². The van der Waals surface area contributed by atoms with Crippen LogP contribution < -0.4 is 16.4 Å². The Labute approximate surface area is 133 Å². The number of carbonyl (C=O) groups excluding carboxylic acids is 2. The number of aliphatic hydroxyl groups is 3. The van der Waals surface area contributed by atoms with E-state index in [1.54, 1.807) is 0 Å². The zero-order valence-electron chi connectivity index (χ0n) is 12.6. The number of hydrogen-bond acceptors (Lipinski definition) is 8. The van der Waals surface area contributed by atoms with Crippen molar-refractivity contribution in [1.82, 2.24) is 10.6 Å². The molecule has 0 aromatic rings. The predicted octanol–water partition coefficient (Wildman–Crippen LogP) is -3.20. The lowest BCUT2D eigenvalue weighted by molar-refractivity contribution is -0.122. The standard InChI is InChI=1S/C14H22N4O5/c15-9(4-7-3-8(20)1-2-16-7)14(23)17-5-10-12(21)13(22)11(6-19)18-10/h2-3,9-13,18-19,21-22H,1,4-6,15H2,(H,17,23)/t9?,10-,11-,12-,13-/m1/s1. The first-order valence-electron chi connectivity index (χ1n) is 7.44. The fourth-order valence-corrected chi connectivity index (χ4v) is 2.59. The molecule has 0 bridgehead atoms. The topological polar surface area (TPSA) is 157 Å². The van der Waals surface area contributed by atoms with Crippen molar-refractivity contribution in [2.24, 2.45) is 10.7 Å². The van der Waals surface area contributed by atoms with Gasteiger partial charge in [0.1, 0.15) is 0 Å². The van der Waals surface area contributed by atoms with Crippen LogP contribution in [0.1, 0.15) is 12.8 Å². The van der Waals surface area contributed by atoms with Gasteiger partial charge in [0.2, 0.25) is 5.91 Å². The lowest BCUT2D eigenvalue weighted by Gasteiger charge is -2.18. The number of hydrogen-bond donors (Lipinski definition) is 6. The van der Waals surface area contributed by atoms with E-state index in [9.17, 15) is 19.8 Å². The minimum atomic E-state index is -1.09. The number of nitrogens with zero attached hydrogens (tertiary/aromatic N) is 1. The van der Waals surface area contributed by atoms with Crippen molar-refractivity contribution in [3.63, 3.8) is 0 Å². The molecular formula is C14H22N4O5. The molecule has 23 heavy (non-hydrogen) atoms. The number of nitrogens with one attached hydrogen (secondary N) is 2. The van der Waals surface area contributed by atoms with Crippen LogP contribution in [0, 0.1) is 0 Å². The number of amides is 1. The van der Waals surface area contributed by atoms with Crippen molar-refractivity contribution in [2.45, 2.75) is 43.2 Å². The molecule has 0 saturated carbocycles. The number of nitrogens with two attached hydrogens (primary N) is 1. The number of ketones is 1. The maximum Gasteiger partial charge on any atom is 0.237 e. The fourth-order valence-electron chi connectivity index (χ4n) is 2.59. The Balaban J connectivity index is 1.80. The number of aliphatic imine (C=N–C) groups is 1. The minimum Gasteiger partial charge on any atom is -0.395 e. The van der Waals surface area contributed by atoms with E-state index in [1.165, 1.54) is 12.3 Å². The van der Waals surface area contributed by atoms with Gasteiger partial charge in [0.15, 0.2) is 5.78 Å². The van der Waals surface area contributed by atoms with Crippen LogP contribution in [0.5, 0.6) is 0 Å². The van der Waals surface area contributed by atoms with Gasteiger partial charge in [-0.25, -0.2) is 0 Å². The molecular weight excluding hydrogens is 304 g/mol. The van der Waals surface area contributed by atoms with Gasteiger partial charge >= 0.3 is 0 Å². The first kappa shape index (κ1) is 17.7. The van der Waals surface area contributed by atoms with Crippen molar-refractivity contribution in [1.29, 1.82) is 0 Å². The summed E-state index contributed by atoms with van der Waals surface area (Å²) >= 11 is 0. The molecule has 0 aromatic heterocycles. The van der Waals surface area contributed by atoms with Crippen molar-refractivity contribution < 1.29 is 24.9 Å². The first-order chi connectivity index (χ1) is 10.9. The lowest BCUT2D eigenvalue weighted by atomic mass is 10.1. The summed E-state index contributed by atoms with van der Waals surface area (Å²) in [6, 6.07) is -2.08. The van der Waals surface area contributed by atoms with Gasteiger partial charge in [-0.15, -0.1) is 0 Å². The van der Waals surface area contributed by atoms with E-state index in [0.29, 0.717) is 5.70 Å². The van der Waals surface area contributed by atoms with Crippen molar-refractivity contribution in [3.8, 4) is 0 Å². The highest BCUT2D eigenvalue weighted by Crippen LogP contribution is 2.14. The van der Waals surface area contributed by atoms with Gasteiger partial charge in [0.05, 0.1) is 36.9 Å². The molecule has 1 amide bonds. The summed E-state index contributed by atoms with van der Waals surface area (Å²) in [4.78, 5) is 27.3. The Morgan fingerprint density at radius 1 is 1.43 bits per heavy atom. The predicted molar refractivity (Wildman–Crippen MR) is 81.6 cm³/mol. The van der Waals surface area contributed by atoms with Crippen LogP contribution in [0.15, 0.2) is 16.8 Å². The number of allylic oxidation sites excluding steroid dienone is 1. The minimum absolute atomic E-state index is 0.0580. The van der Waals surface area contributed by atoms with Gasteiger partial charge in [0.25, 0.3) is 0 Å². The van der Waals surface area contributed by atoms with Gasteiger partial charge in [-0.05, 0) is 0 Å². The Hall–Kier alpha value is -1.65. The summed E-state index contributed by atoms with van der Waals surface area (Å²) in [5.41, 5.74) is 6.24. The van der Waals surface area contributed by atoms with Crippen LogP contribution in [0.2, 0.25) is 0 Å². The maximum absolute atomic E-state index is 12.0. The Bertz CT molecular complexity index is 521. The molecule has 2 aliphatic heterocycles. The quantitative estimate of drug-likeness (QED) is 0.300. The van der Waals surface area contributed by atoms with Gasteiger partial charge in [-0.3, -0.25) is 14.6 Å². The average molecular weight is 326 g/mol. The number of rotatable bonds is 6. The molecule has 1 unspecified atom stereocenters. The maximum atomic E-state index is 12.0. The SMILES string of the molecule is NC(CC1=CC(=O)CC=N1)C(=O)NC[C@H]1N[C@H](CO)[C@@H](O)[C@@H]1O. The molecule has 0 radical (unpaired) electrons. The zero-order valence-corrected chi connectivity index (χ0v) is 12.6. The summed E-state index contributed by atoms with van der Waals surface area (Å²) in [7, 11) is 0. The molecule has 128 valence electrons. The lowest BCUT2D eigenvalue weighted by Crippen LogP contribution is -2.48. The molecule has 0 aliphatic carbocycles. The highest BCUT2D eigenvalue weighted by atomic mass is 16.3. The van der Waals surface area contributed by atoms with Gasteiger partial charge in [-0.2, -0.15) is 0 Å². The largest absolute Gasteiger partial charge is 0.395 e. The second-order valence-electron chi connectivity index (χ2n) is 5.72. The third kappa shape index (κ3) is 4.43. The fraction of sp³-hybridized carbons (Fsp3) is 0.643. The molecule has 1 saturated heterocycles.